The molecule has 1 unspecified atom stereocenters. The van der Waals surface area contributed by atoms with Crippen LogP contribution < -0.4 is 0 Å². The number of fused-ring (bicyclic) bond motifs is 2. The third-order valence-corrected chi connectivity index (χ3v) is 3.34. The Morgan fingerprint density at radius 1 is 1.13 bits per heavy atom. The van der Waals surface area contributed by atoms with E-state index in [2.05, 4.69) is 56.8 Å². The minimum Gasteiger partial charge on any atom is -0.220 e. The van der Waals surface area contributed by atoms with Crippen LogP contribution in [0.4, 0.5) is 0 Å². The van der Waals surface area contributed by atoms with Crippen molar-refractivity contribution in [3.8, 4) is 0 Å². The summed E-state index contributed by atoms with van der Waals surface area (Å²) in [4.78, 5) is 4.39. The highest BCUT2D eigenvalue weighted by Gasteiger charge is 2.18. The van der Waals surface area contributed by atoms with E-state index in [1.165, 1.54) is 24.0 Å². The molecule has 0 saturated heterocycles. The minimum atomic E-state index is 0.714. The van der Waals surface area contributed by atoms with Gasteiger partial charge in [0.25, 0.3) is 0 Å². The molecule has 1 aromatic heterocycles. The average molecular weight is 311 g/mol. The first-order valence-corrected chi connectivity index (χ1v) is 6.12. The summed E-state index contributed by atoms with van der Waals surface area (Å²) in [5.74, 6) is 0.754. The summed E-state index contributed by atoms with van der Waals surface area (Å²) >= 11 is 2.10. The van der Waals surface area contributed by atoms with Gasteiger partial charge in [-0.2, -0.15) is 0 Å². The van der Waals surface area contributed by atoms with E-state index in [0.29, 0.717) is 3.83 Å². The van der Waals surface area contributed by atoms with E-state index in [-0.39, 0.29) is 0 Å². The molecule has 0 fully saturated rings. The molecule has 1 atom stereocenters. The van der Waals surface area contributed by atoms with E-state index >= 15 is 0 Å². The van der Waals surface area contributed by atoms with Crippen molar-refractivity contribution in [1.29, 1.82) is 0 Å². The molecular weight excluding hydrogens is 301 g/mol. The molecule has 0 amide bonds. The molecule has 0 spiro atoms. The Balaban J connectivity index is 2.25. The monoisotopic (exact) mass is 311 g/mol. The molecule has 1 aliphatic carbocycles. The number of rotatable bonds is 0. The lowest BCUT2D eigenvalue weighted by Gasteiger charge is -2.01. The van der Waals surface area contributed by atoms with E-state index < -0.39 is 0 Å². The summed E-state index contributed by atoms with van der Waals surface area (Å²) in [5.41, 5.74) is 4.75. The fraction of sp³-hybridized carbons (Fsp3) is 0.364. The summed E-state index contributed by atoms with van der Waals surface area (Å²) in [5, 5.41) is 8.14. The van der Waals surface area contributed by atoms with Crippen LogP contribution in [0.25, 0.3) is 11.0 Å². The van der Waals surface area contributed by atoms with Crippen molar-refractivity contribution < 1.29 is 0 Å². The largest absolute Gasteiger partial charge is 0.220 e. The fourth-order valence-corrected chi connectivity index (χ4v) is 2.62. The summed E-state index contributed by atoms with van der Waals surface area (Å²) in [6.07, 6.45) is 2.34. The van der Waals surface area contributed by atoms with Crippen LogP contribution in [0.15, 0.2) is 12.1 Å². The van der Waals surface area contributed by atoms with Crippen LogP contribution in [0, 0.1) is 9.75 Å². The van der Waals surface area contributed by atoms with Gasteiger partial charge in [0.1, 0.15) is 5.52 Å². The number of nitrogens with zero attached hydrogens (tertiary/aromatic N) is 3. The predicted octanol–water partition coefficient (Wildman–Crippen LogP) is 2.36. The molecule has 1 heterocycles. The van der Waals surface area contributed by atoms with Crippen LogP contribution in [0.1, 0.15) is 18.1 Å². The second kappa shape index (κ2) is 3.37. The van der Waals surface area contributed by atoms with Gasteiger partial charge < -0.3 is 0 Å². The van der Waals surface area contributed by atoms with Gasteiger partial charge in [-0.25, -0.2) is 4.98 Å². The third kappa shape index (κ3) is 1.60. The zero-order valence-electron chi connectivity index (χ0n) is 8.37. The summed E-state index contributed by atoms with van der Waals surface area (Å²) in [6.45, 7) is 2.29. The van der Waals surface area contributed by atoms with Gasteiger partial charge in [-0.05, 0) is 42.0 Å². The molecular formula is C11H10IN3. The molecule has 15 heavy (non-hydrogen) atoms. The number of hydrogen-bond acceptors (Lipinski definition) is 3. The van der Waals surface area contributed by atoms with E-state index in [0.717, 1.165) is 17.0 Å². The van der Waals surface area contributed by atoms with Crippen LogP contribution in [0.5, 0.6) is 0 Å². The van der Waals surface area contributed by atoms with Gasteiger partial charge in [-0.1, -0.05) is 6.92 Å². The molecule has 0 N–H and O–H groups in total. The quantitative estimate of drug-likeness (QED) is 0.701. The van der Waals surface area contributed by atoms with Gasteiger partial charge in [0.15, 0.2) is 0 Å². The maximum Gasteiger partial charge on any atom is 0.212 e. The maximum atomic E-state index is 4.39. The Bertz CT molecular complexity index is 539. The zero-order valence-corrected chi connectivity index (χ0v) is 10.5. The summed E-state index contributed by atoms with van der Waals surface area (Å²) < 4.78 is 0.714. The first-order chi connectivity index (χ1) is 7.22. The molecule has 0 bridgehead atoms. The number of hydrogen-bond donors (Lipinski definition) is 0. The Morgan fingerprint density at radius 3 is 2.53 bits per heavy atom. The standard InChI is InChI=1S/C11H10IN3/c1-6-2-7-4-9-10(5-8(7)3-6)14-15-11(12)13-9/h4-6H,2-3H2,1H3. The van der Waals surface area contributed by atoms with Crippen LogP contribution in [0.3, 0.4) is 0 Å². The van der Waals surface area contributed by atoms with E-state index in [9.17, 15) is 0 Å². The van der Waals surface area contributed by atoms with Crippen molar-refractivity contribution in [1.82, 2.24) is 15.2 Å². The predicted molar refractivity (Wildman–Crippen MR) is 66.6 cm³/mol. The molecule has 1 aliphatic rings. The normalized spacial score (nSPS) is 19.5. The summed E-state index contributed by atoms with van der Waals surface area (Å²) in [7, 11) is 0. The highest BCUT2D eigenvalue weighted by Crippen LogP contribution is 2.28. The zero-order chi connectivity index (χ0) is 10.4. The van der Waals surface area contributed by atoms with Crippen LogP contribution in [-0.2, 0) is 12.8 Å². The highest BCUT2D eigenvalue weighted by molar-refractivity contribution is 14.1. The first kappa shape index (κ1) is 9.45. The number of aromatic nitrogens is 3. The molecule has 3 nitrogen and oxygen atoms in total. The highest BCUT2D eigenvalue weighted by atomic mass is 127. The fourth-order valence-electron chi connectivity index (χ4n) is 2.25. The lowest BCUT2D eigenvalue weighted by atomic mass is 10.1. The Labute approximate surface area is 101 Å². The van der Waals surface area contributed by atoms with Crippen molar-refractivity contribution in [2.75, 3.05) is 0 Å². The van der Waals surface area contributed by atoms with Crippen molar-refractivity contribution in [2.45, 2.75) is 19.8 Å². The number of benzene rings is 1. The van der Waals surface area contributed by atoms with Gasteiger partial charge in [0.2, 0.25) is 3.83 Å². The van der Waals surface area contributed by atoms with Gasteiger partial charge in [-0.15, -0.1) is 10.2 Å². The minimum absolute atomic E-state index is 0.714. The lowest BCUT2D eigenvalue weighted by molar-refractivity contribution is 0.628. The SMILES string of the molecule is CC1Cc2cc3nnc(I)nc3cc2C1. The topological polar surface area (TPSA) is 38.7 Å². The smallest absolute Gasteiger partial charge is 0.212 e. The van der Waals surface area contributed by atoms with E-state index in [1.54, 1.807) is 0 Å². The third-order valence-electron chi connectivity index (χ3n) is 2.89. The van der Waals surface area contributed by atoms with Crippen LogP contribution in [-0.4, -0.2) is 15.2 Å². The Hall–Kier alpha value is -0.780. The molecule has 2 aromatic rings. The van der Waals surface area contributed by atoms with Crippen LogP contribution in [0.2, 0.25) is 0 Å². The van der Waals surface area contributed by atoms with E-state index in [1.807, 2.05) is 0 Å². The molecule has 1 aromatic carbocycles. The van der Waals surface area contributed by atoms with E-state index in [4.69, 9.17) is 0 Å². The number of halogens is 1. The second-order valence-electron chi connectivity index (χ2n) is 4.20. The first-order valence-electron chi connectivity index (χ1n) is 5.04. The maximum absolute atomic E-state index is 4.39. The lowest BCUT2D eigenvalue weighted by Crippen LogP contribution is -1.94. The molecule has 0 aliphatic heterocycles. The molecule has 4 heteroatoms. The van der Waals surface area contributed by atoms with Gasteiger partial charge in [0, 0.05) is 22.6 Å². The Morgan fingerprint density at radius 2 is 1.80 bits per heavy atom. The van der Waals surface area contributed by atoms with Crippen molar-refractivity contribution in [3.05, 3.63) is 27.1 Å². The van der Waals surface area contributed by atoms with Crippen molar-refractivity contribution >= 4 is 33.6 Å². The van der Waals surface area contributed by atoms with Gasteiger partial charge >= 0.3 is 0 Å². The van der Waals surface area contributed by atoms with Gasteiger partial charge in [0.05, 0.1) is 5.52 Å². The van der Waals surface area contributed by atoms with Crippen LogP contribution >= 0.6 is 22.6 Å². The average Bonchev–Trinajstić information content (AvgIpc) is 2.53. The van der Waals surface area contributed by atoms with Gasteiger partial charge in [-0.3, -0.25) is 0 Å². The second-order valence-corrected chi connectivity index (χ2v) is 5.17. The molecule has 0 saturated carbocycles. The summed E-state index contributed by atoms with van der Waals surface area (Å²) in [6, 6.07) is 4.31. The van der Waals surface area contributed by atoms with Crippen molar-refractivity contribution in [2.24, 2.45) is 5.92 Å². The molecule has 3 rings (SSSR count). The Kier molecular flexibility index (Phi) is 2.12. The molecule has 0 radical (unpaired) electrons. The molecule has 76 valence electrons. The van der Waals surface area contributed by atoms with Crippen molar-refractivity contribution in [3.63, 3.8) is 0 Å².